The predicted octanol–water partition coefficient (Wildman–Crippen LogP) is 6.76. The summed E-state index contributed by atoms with van der Waals surface area (Å²) in [5, 5.41) is 1.39. The van der Waals surface area contributed by atoms with E-state index in [4.69, 9.17) is 4.74 Å². The molecule has 192 valence electrons. The zero-order valence-corrected chi connectivity index (χ0v) is 20.1. The SMILES string of the molecule is CC1=Nc2nccc(Oc3ccc(CC(=O)Cc4cc(C(F)(F)F)ccc4F)c4ccccc34)c2CC1=O. The molecule has 0 atom stereocenters. The van der Waals surface area contributed by atoms with Crippen molar-refractivity contribution in [3.8, 4) is 11.5 Å². The molecule has 2 heterocycles. The fraction of sp³-hybridized carbons (Fsp3) is 0.172. The first-order valence-corrected chi connectivity index (χ1v) is 11.7. The van der Waals surface area contributed by atoms with E-state index in [1.807, 2.05) is 6.07 Å². The fourth-order valence-corrected chi connectivity index (χ4v) is 4.40. The highest BCUT2D eigenvalue weighted by Crippen LogP contribution is 2.37. The lowest BCUT2D eigenvalue weighted by atomic mass is 9.96. The number of rotatable bonds is 6. The number of benzene rings is 3. The van der Waals surface area contributed by atoms with Crippen LogP contribution in [0.3, 0.4) is 0 Å². The molecule has 0 N–H and O–H groups in total. The van der Waals surface area contributed by atoms with Crippen LogP contribution in [-0.2, 0) is 35.0 Å². The molecule has 5 rings (SSSR count). The Labute approximate surface area is 214 Å². The summed E-state index contributed by atoms with van der Waals surface area (Å²) in [4.78, 5) is 33.5. The quantitative estimate of drug-likeness (QED) is 0.264. The number of aliphatic imine (C=N–C) groups is 1. The Hall–Kier alpha value is -4.40. The molecule has 1 aromatic heterocycles. The Kier molecular flexibility index (Phi) is 6.52. The van der Waals surface area contributed by atoms with Crippen LogP contribution in [0.25, 0.3) is 10.8 Å². The highest BCUT2D eigenvalue weighted by Gasteiger charge is 2.31. The van der Waals surface area contributed by atoms with Crippen molar-refractivity contribution in [3.63, 3.8) is 0 Å². The van der Waals surface area contributed by atoms with E-state index in [2.05, 4.69) is 9.98 Å². The van der Waals surface area contributed by atoms with Crippen LogP contribution in [0, 0.1) is 5.82 Å². The number of carbonyl (C=O) groups is 2. The van der Waals surface area contributed by atoms with Gasteiger partial charge in [0.05, 0.1) is 11.3 Å². The van der Waals surface area contributed by atoms with E-state index in [-0.39, 0.29) is 24.2 Å². The summed E-state index contributed by atoms with van der Waals surface area (Å²) in [6.07, 6.45) is -3.56. The summed E-state index contributed by atoms with van der Waals surface area (Å²) in [6, 6.07) is 14.3. The molecule has 9 heteroatoms. The second kappa shape index (κ2) is 9.81. The Morgan fingerprint density at radius 2 is 1.68 bits per heavy atom. The topological polar surface area (TPSA) is 68.6 Å². The van der Waals surface area contributed by atoms with Crippen LogP contribution in [0.4, 0.5) is 23.4 Å². The number of carbonyl (C=O) groups excluding carboxylic acids is 2. The van der Waals surface area contributed by atoms with Gasteiger partial charge in [-0.15, -0.1) is 0 Å². The Morgan fingerprint density at radius 1 is 0.947 bits per heavy atom. The number of ketones is 2. The number of pyridine rings is 1. The van der Waals surface area contributed by atoms with Gasteiger partial charge < -0.3 is 4.74 Å². The maximum Gasteiger partial charge on any atom is 0.416 e. The molecule has 0 bridgehead atoms. The smallest absolute Gasteiger partial charge is 0.416 e. The molecule has 5 nitrogen and oxygen atoms in total. The van der Waals surface area contributed by atoms with Crippen molar-refractivity contribution < 1.29 is 31.9 Å². The van der Waals surface area contributed by atoms with Crippen LogP contribution >= 0.6 is 0 Å². The number of halogens is 4. The van der Waals surface area contributed by atoms with Crippen molar-refractivity contribution >= 4 is 33.9 Å². The monoisotopic (exact) mass is 520 g/mol. The molecule has 38 heavy (non-hydrogen) atoms. The zero-order chi connectivity index (χ0) is 27.0. The average molecular weight is 520 g/mol. The normalized spacial score (nSPS) is 13.3. The lowest BCUT2D eigenvalue weighted by Gasteiger charge is -2.17. The van der Waals surface area contributed by atoms with Crippen LogP contribution in [-0.4, -0.2) is 22.3 Å². The second-order valence-electron chi connectivity index (χ2n) is 8.98. The van der Waals surface area contributed by atoms with Crippen LogP contribution < -0.4 is 4.74 Å². The van der Waals surface area contributed by atoms with E-state index < -0.39 is 29.8 Å². The maximum absolute atomic E-state index is 14.2. The van der Waals surface area contributed by atoms with Gasteiger partial charge in [-0.05, 0) is 53.8 Å². The molecule has 3 aromatic carbocycles. The van der Waals surface area contributed by atoms with Gasteiger partial charge in [-0.3, -0.25) is 9.59 Å². The molecule has 0 amide bonds. The summed E-state index contributed by atoms with van der Waals surface area (Å²) in [5.74, 6) is -0.0729. The summed E-state index contributed by atoms with van der Waals surface area (Å²) in [6.45, 7) is 1.63. The first-order valence-electron chi connectivity index (χ1n) is 11.7. The highest BCUT2D eigenvalue weighted by molar-refractivity contribution is 6.40. The fourth-order valence-electron chi connectivity index (χ4n) is 4.40. The Balaban J connectivity index is 1.42. The number of hydrogen-bond acceptors (Lipinski definition) is 5. The minimum Gasteiger partial charge on any atom is -0.456 e. The number of Topliss-reactive ketones (excluding diaryl/α,β-unsaturated/α-hetero) is 2. The van der Waals surface area contributed by atoms with Crippen LogP contribution in [0.2, 0.25) is 0 Å². The molecule has 0 unspecified atom stereocenters. The van der Waals surface area contributed by atoms with Gasteiger partial charge in [0, 0.05) is 36.4 Å². The van der Waals surface area contributed by atoms with Gasteiger partial charge in [-0.25, -0.2) is 14.4 Å². The van der Waals surface area contributed by atoms with Gasteiger partial charge in [0.25, 0.3) is 0 Å². The molecule has 0 fully saturated rings. The molecule has 0 saturated heterocycles. The standard InChI is InChI=1S/C29H20F4N2O3/c1-16-25(37)15-23-27(10-11-34-28(23)35-16)38-26-9-6-17(21-4-2-3-5-22(21)26)13-20(36)14-18-12-19(29(31,32)33)7-8-24(18)30/h2-12H,13-15H2,1H3. The van der Waals surface area contributed by atoms with E-state index in [0.717, 1.165) is 6.07 Å². The molecular formula is C29H20F4N2O3. The van der Waals surface area contributed by atoms with Gasteiger partial charge >= 0.3 is 6.18 Å². The van der Waals surface area contributed by atoms with Crippen LogP contribution in [0.5, 0.6) is 11.5 Å². The molecule has 0 saturated carbocycles. The molecule has 1 aliphatic heterocycles. The molecule has 0 radical (unpaired) electrons. The summed E-state index contributed by atoms with van der Waals surface area (Å²) >= 11 is 0. The summed E-state index contributed by atoms with van der Waals surface area (Å²) < 4.78 is 59.5. The molecule has 0 aliphatic carbocycles. The van der Waals surface area contributed by atoms with Gasteiger partial charge in [-0.1, -0.05) is 30.3 Å². The van der Waals surface area contributed by atoms with E-state index in [1.54, 1.807) is 49.5 Å². The number of nitrogens with zero attached hydrogens (tertiary/aromatic N) is 2. The highest BCUT2D eigenvalue weighted by atomic mass is 19.4. The molecule has 4 aromatic rings. The van der Waals surface area contributed by atoms with E-state index >= 15 is 0 Å². The van der Waals surface area contributed by atoms with Crippen molar-refractivity contribution in [2.24, 2.45) is 4.99 Å². The van der Waals surface area contributed by atoms with Crippen molar-refractivity contribution in [1.29, 1.82) is 0 Å². The van der Waals surface area contributed by atoms with Gasteiger partial charge in [0.2, 0.25) is 0 Å². The minimum atomic E-state index is -4.63. The van der Waals surface area contributed by atoms with Gasteiger partial charge in [-0.2, -0.15) is 13.2 Å². The van der Waals surface area contributed by atoms with E-state index in [0.29, 0.717) is 57.1 Å². The van der Waals surface area contributed by atoms with Crippen molar-refractivity contribution in [3.05, 3.63) is 94.9 Å². The minimum absolute atomic E-state index is 0.108. The number of ether oxygens (including phenoxy) is 1. The molecular weight excluding hydrogens is 500 g/mol. The van der Waals surface area contributed by atoms with Gasteiger partial charge in [0.15, 0.2) is 11.6 Å². The number of hydrogen-bond donors (Lipinski definition) is 0. The van der Waals surface area contributed by atoms with E-state index in [9.17, 15) is 27.2 Å². The molecule has 0 spiro atoms. The van der Waals surface area contributed by atoms with Crippen molar-refractivity contribution in [2.45, 2.75) is 32.4 Å². The third kappa shape index (κ3) is 5.04. The lowest BCUT2D eigenvalue weighted by Crippen LogP contribution is -2.17. The number of fused-ring (bicyclic) bond motifs is 2. The van der Waals surface area contributed by atoms with Crippen molar-refractivity contribution in [2.75, 3.05) is 0 Å². The average Bonchev–Trinajstić information content (AvgIpc) is 2.87. The van der Waals surface area contributed by atoms with Crippen molar-refractivity contribution in [1.82, 2.24) is 4.98 Å². The van der Waals surface area contributed by atoms with Gasteiger partial charge in [0.1, 0.15) is 23.1 Å². The summed E-state index contributed by atoms with van der Waals surface area (Å²) in [7, 11) is 0. The summed E-state index contributed by atoms with van der Waals surface area (Å²) in [5.41, 5.74) is 0.275. The zero-order valence-electron chi connectivity index (χ0n) is 20.1. The Bertz CT molecular complexity index is 1630. The third-order valence-corrected chi connectivity index (χ3v) is 6.35. The first-order chi connectivity index (χ1) is 18.1. The van der Waals surface area contributed by atoms with E-state index in [1.165, 1.54) is 0 Å². The lowest BCUT2D eigenvalue weighted by molar-refractivity contribution is -0.137. The molecule has 1 aliphatic rings. The van der Waals surface area contributed by atoms with Crippen LogP contribution in [0.1, 0.15) is 29.2 Å². The number of aromatic nitrogens is 1. The maximum atomic E-state index is 14.2. The largest absolute Gasteiger partial charge is 0.456 e. The second-order valence-corrected chi connectivity index (χ2v) is 8.98. The number of alkyl halides is 3. The van der Waals surface area contributed by atoms with Crippen LogP contribution in [0.15, 0.2) is 71.9 Å². The third-order valence-electron chi connectivity index (χ3n) is 6.35. The predicted molar refractivity (Wildman–Crippen MR) is 134 cm³/mol. The Morgan fingerprint density at radius 3 is 2.45 bits per heavy atom. The first kappa shape index (κ1) is 25.3.